The molecule has 5 heteroatoms. The van der Waals surface area contributed by atoms with Crippen LogP contribution in [0.1, 0.15) is 85.0 Å². The number of unbranched alkanes of at least 4 members (excludes halogenated alkanes) is 3. The van der Waals surface area contributed by atoms with Crippen LogP contribution in [-0.4, -0.2) is 56.0 Å². The van der Waals surface area contributed by atoms with Gasteiger partial charge in [0.2, 0.25) is 0 Å². The molecule has 0 aromatic heterocycles. The average molecular weight is 416 g/mol. The first-order valence-corrected chi connectivity index (χ1v) is 12.0. The highest BCUT2D eigenvalue weighted by atomic mass is 16.5. The standard InChI is InChI=1S/C24H49NO4/c1-4-22(3)13-14-24(27)25-16-21-29-20-11-7-10-19-28-18-9-6-8-12-23(5-2)15-17-26/h8,12,22-27H,4-7,9-11,13-21H2,1-3H3. The highest BCUT2D eigenvalue weighted by Crippen LogP contribution is 2.11. The lowest BCUT2D eigenvalue weighted by atomic mass is 10.0. The van der Waals surface area contributed by atoms with Gasteiger partial charge in [0.15, 0.2) is 0 Å². The molecule has 3 unspecified atom stereocenters. The van der Waals surface area contributed by atoms with E-state index >= 15 is 0 Å². The van der Waals surface area contributed by atoms with E-state index in [1.165, 1.54) is 6.42 Å². The Morgan fingerprint density at radius 3 is 2.21 bits per heavy atom. The summed E-state index contributed by atoms with van der Waals surface area (Å²) < 4.78 is 11.3. The first kappa shape index (κ1) is 28.5. The number of hydrogen-bond donors (Lipinski definition) is 3. The third-order valence-corrected chi connectivity index (χ3v) is 5.43. The van der Waals surface area contributed by atoms with Crippen LogP contribution in [0.4, 0.5) is 0 Å². The van der Waals surface area contributed by atoms with Crippen LogP contribution in [0.3, 0.4) is 0 Å². The number of rotatable bonds is 22. The van der Waals surface area contributed by atoms with E-state index in [9.17, 15) is 5.11 Å². The second-order valence-electron chi connectivity index (χ2n) is 8.10. The van der Waals surface area contributed by atoms with Crippen LogP contribution < -0.4 is 5.32 Å². The van der Waals surface area contributed by atoms with E-state index in [0.29, 0.717) is 25.0 Å². The average Bonchev–Trinajstić information content (AvgIpc) is 2.73. The summed E-state index contributed by atoms with van der Waals surface area (Å²) in [5.41, 5.74) is 0. The molecule has 0 amide bonds. The third-order valence-electron chi connectivity index (χ3n) is 5.43. The zero-order chi connectivity index (χ0) is 21.6. The van der Waals surface area contributed by atoms with E-state index in [4.69, 9.17) is 14.6 Å². The lowest BCUT2D eigenvalue weighted by molar-refractivity contribution is 0.0868. The summed E-state index contributed by atoms with van der Waals surface area (Å²) in [6, 6.07) is 0. The summed E-state index contributed by atoms with van der Waals surface area (Å²) >= 11 is 0. The Hall–Kier alpha value is -0.460. The van der Waals surface area contributed by atoms with Gasteiger partial charge in [-0.1, -0.05) is 39.3 Å². The van der Waals surface area contributed by atoms with Crippen molar-refractivity contribution in [1.82, 2.24) is 5.32 Å². The molecule has 0 fully saturated rings. The van der Waals surface area contributed by atoms with Crippen LogP contribution in [-0.2, 0) is 9.47 Å². The van der Waals surface area contributed by atoms with Gasteiger partial charge in [-0.3, -0.25) is 5.32 Å². The third kappa shape index (κ3) is 20.6. The maximum Gasteiger partial charge on any atom is 0.104 e. The predicted octanol–water partition coefficient (Wildman–Crippen LogP) is 4.67. The molecule has 0 aliphatic carbocycles. The largest absolute Gasteiger partial charge is 0.396 e. The molecular formula is C24H49NO4. The second kappa shape index (κ2) is 22.2. The molecule has 0 aromatic carbocycles. The number of nitrogens with one attached hydrogen (secondary N) is 1. The van der Waals surface area contributed by atoms with Gasteiger partial charge in [0.25, 0.3) is 0 Å². The molecular weight excluding hydrogens is 366 g/mol. The summed E-state index contributed by atoms with van der Waals surface area (Å²) in [5, 5.41) is 21.9. The summed E-state index contributed by atoms with van der Waals surface area (Å²) in [7, 11) is 0. The van der Waals surface area contributed by atoms with Gasteiger partial charge in [0.1, 0.15) is 6.23 Å². The Morgan fingerprint density at radius 2 is 1.55 bits per heavy atom. The number of allylic oxidation sites excluding steroid dienone is 2. The smallest absolute Gasteiger partial charge is 0.104 e. The highest BCUT2D eigenvalue weighted by Gasteiger charge is 2.05. The van der Waals surface area contributed by atoms with Gasteiger partial charge in [-0.25, -0.2) is 0 Å². The van der Waals surface area contributed by atoms with Crippen molar-refractivity contribution in [2.45, 2.75) is 91.2 Å². The first-order valence-electron chi connectivity index (χ1n) is 12.0. The van der Waals surface area contributed by atoms with Crippen molar-refractivity contribution in [3.63, 3.8) is 0 Å². The maximum absolute atomic E-state index is 9.85. The van der Waals surface area contributed by atoms with Gasteiger partial charge in [0.05, 0.1) is 6.61 Å². The Labute approximate surface area is 180 Å². The Bertz CT molecular complexity index is 352. The SMILES string of the molecule is CCC(C)CCC(O)NCCOCCCCCOCCCC=CC(CC)CCO. The van der Waals surface area contributed by atoms with Crippen molar-refractivity contribution in [2.24, 2.45) is 11.8 Å². The van der Waals surface area contributed by atoms with Crippen LogP contribution in [0.25, 0.3) is 0 Å². The van der Waals surface area contributed by atoms with Crippen LogP contribution in [0, 0.1) is 11.8 Å². The molecule has 0 rings (SSSR count). The van der Waals surface area contributed by atoms with Gasteiger partial charge >= 0.3 is 0 Å². The van der Waals surface area contributed by atoms with E-state index in [0.717, 1.165) is 77.6 Å². The van der Waals surface area contributed by atoms with E-state index < -0.39 is 6.23 Å². The summed E-state index contributed by atoms with van der Waals surface area (Å²) in [6.45, 7) is 10.6. The van der Waals surface area contributed by atoms with Crippen molar-refractivity contribution >= 4 is 0 Å². The number of aliphatic hydroxyl groups is 2. The normalized spacial score (nSPS) is 15.1. The minimum Gasteiger partial charge on any atom is -0.396 e. The molecule has 3 atom stereocenters. The van der Waals surface area contributed by atoms with Gasteiger partial charge in [-0.15, -0.1) is 0 Å². The molecule has 5 nitrogen and oxygen atoms in total. The van der Waals surface area contributed by atoms with Crippen LogP contribution in [0.15, 0.2) is 12.2 Å². The van der Waals surface area contributed by atoms with Crippen molar-refractivity contribution in [1.29, 1.82) is 0 Å². The van der Waals surface area contributed by atoms with Gasteiger partial charge in [-0.2, -0.15) is 0 Å². The Balaban J connectivity index is 3.27. The van der Waals surface area contributed by atoms with Crippen LogP contribution in [0.2, 0.25) is 0 Å². The summed E-state index contributed by atoms with van der Waals surface area (Å²) in [6.07, 6.45) is 14.4. The second-order valence-corrected chi connectivity index (χ2v) is 8.10. The lowest BCUT2D eigenvalue weighted by Gasteiger charge is -2.15. The zero-order valence-corrected chi connectivity index (χ0v) is 19.4. The Morgan fingerprint density at radius 1 is 0.862 bits per heavy atom. The maximum atomic E-state index is 9.85. The lowest BCUT2D eigenvalue weighted by Crippen LogP contribution is -2.32. The molecule has 0 spiro atoms. The number of ether oxygens (including phenoxy) is 2. The molecule has 0 aliphatic rings. The molecule has 0 bridgehead atoms. The fourth-order valence-corrected chi connectivity index (χ4v) is 3.03. The van der Waals surface area contributed by atoms with Crippen LogP contribution >= 0.6 is 0 Å². The highest BCUT2D eigenvalue weighted by molar-refractivity contribution is 4.87. The molecule has 174 valence electrons. The van der Waals surface area contributed by atoms with Crippen LogP contribution in [0.5, 0.6) is 0 Å². The fourth-order valence-electron chi connectivity index (χ4n) is 3.03. The fraction of sp³-hybridized carbons (Fsp3) is 0.917. The molecule has 0 aliphatic heterocycles. The number of aliphatic hydroxyl groups excluding tert-OH is 2. The summed E-state index contributed by atoms with van der Waals surface area (Å²) in [5.74, 6) is 1.19. The van der Waals surface area contributed by atoms with E-state index in [2.05, 4.69) is 38.2 Å². The summed E-state index contributed by atoms with van der Waals surface area (Å²) in [4.78, 5) is 0. The van der Waals surface area contributed by atoms with E-state index in [1.54, 1.807) is 0 Å². The first-order chi connectivity index (χ1) is 14.1. The Kier molecular flexibility index (Phi) is 21.9. The molecule has 0 saturated carbocycles. The van der Waals surface area contributed by atoms with Gasteiger partial charge in [-0.05, 0) is 69.6 Å². The van der Waals surface area contributed by atoms with Crippen molar-refractivity contribution in [3.05, 3.63) is 12.2 Å². The quantitative estimate of drug-likeness (QED) is 0.136. The van der Waals surface area contributed by atoms with Gasteiger partial charge < -0.3 is 19.7 Å². The monoisotopic (exact) mass is 415 g/mol. The molecule has 0 aromatic rings. The van der Waals surface area contributed by atoms with Crippen molar-refractivity contribution < 1.29 is 19.7 Å². The van der Waals surface area contributed by atoms with Gasteiger partial charge in [0, 0.05) is 33.0 Å². The number of hydrogen-bond acceptors (Lipinski definition) is 5. The minimum absolute atomic E-state index is 0.273. The predicted molar refractivity (Wildman–Crippen MR) is 122 cm³/mol. The zero-order valence-electron chi connectivity index (χ0n) is 19.4. The topological polar surface area (TPSA) is 71.0 Å². The molecule has 29 heavy (non-hydrogen) atoms. The molecule has 3 N–H and O–H groups in total. The van der Waals surface area contributed by atoms with Crippen molar-refractivity contribution in [2.75, 3.05) is 39.6 Å². The molecule has 0 saturated heterocycles. The molecule has 0 radical (unpaired) electrons. The minimum atomic E-state index is -0.408. The van der Waals surface area contributed by atoms with Crippen molar-refractivity contribution in [3.8, 4) is 0 Å². The molecule has 0 heterocycles. The van der Waals surface area contributed by atoms with E-state index in [-0.39, 0.29) is 6.61 Å². The van der Waals surface area contributed by atoms with E-state index in [1.807, 2.05) is 0 Å².